The number of ether oxygens (including phenoxy) is 3. The largest absolute Gasteiger partial charge is 0.491 e. The average molecular weight is 395 g/mol. The van der Waals surface area contributed by atoms with Gasteiger partial charge in [0.05, 0.1) is 31.8 Å². The van der Waals surface area contributed by atoms with E-state index in [9.17, 15) is 4.79 Å². The van der Waals surface area contributed by atoms with Gasteiger partial charge >= 0.3 is 0 Å². The lowest BCUT2D eigenvalue weighted by atomic mass is 10.1. The summed E-state index contributed by atoms with van der Waals surface area (Å²) in [6, 6.07) is 16.1. The van der Waals surface area contributed by atoms with Gasteiger partial charge < -0.3 is 18.6 Å². The Kier molecular flexibility index (Phi) is 7.65. The third kappa shape index (κ3) is 6.08. The zero-order chi connectivity index (χ0) is 20.3. The third-order valence-electron chi connectivity index (χ3n) is 4.03. The molecule has 0 radical (unpaired) electrons. The fourth-order valence-electron chi connectivity index (χ4n) is 2.66. The summed E-state index contributed by atoms with van der Waals surface area (Å²) in [5, 5.41) is 3.88. The molecule has 0 aliphatic carbocycles. The van der Waals surface area contributed by atoms with E-state index in [1.165, 1.54) is 6.07 Å². The van der Waals surface area contributed by atoms with Crippen LogP contribution in [0, 0.1) is 0 Å². The van der Waals surface area contributed by atoms with Crippen molar-refractivity contribution in [1.29, 1.82) is 0 Å². The number of fused-ring (bicyclic) bond motifs is 1. The molecule has 150 valence electrons. The van der Waals surface area contributed by atoms with Crippen LogP contribution in [0.25, 0.3) is 32.7 Å². The topological polar surface area (TPSA) is 107 Å². The van der Waals surface area contributed by atoms with E-state index in [1.807, 2.05) is 30.3 Å². The third-order valence-corrected chi connectivity index (χ3v) is 4.03. The van der Waals surface area contributed by atoms with Gasteiger partial charge in [0.25, 0.3) is 0 Å². The van der Waals surface area contributed by atoms with E-state index in [-0.39, 0.29) is 5.43 Å². The van der Waals surface area contributed by atoms with Crippen LogP contribution in [0.15, 0.2) is 68.9 Å². The highest BCUT2D eigenvalue weighted by Crippen LogP contribution is 2.24. The van der Waals surface area contributed by atoms with Gasteiger partial charge in [-0.15, -0.1) is 0 Å². The fourth-order valence-corrected chi connectivity index (χ4v) is 2.66. The molecule has 29 heavy (non-hydrogen) atoms. The molecule has 1 heterocycles. The van der Waals surface area contributed by atoms with Crippen molar-refractivity contribution in [1.82, 2.24) is 0 Å². The minimum atomic E-state index is -0.0968. The van der Waals surface area contributed by atoms with Gasteiger partial charge in [0.1, 0.15) is 23.7 Å². The second-order valence-electron chi connectivity index (χ2n) is 6.03. The molecule has 0 N–H and O–H groups in total. The minimum absolute atomic E-state index is 0.0968. The Hall–Kier alpha value is -3.32. The summed E-state index contributed by atoms with van der Waals surface area (Å²) in [6.45, 7) is 2.27. The molecule has 8 nitrogen and oxygen atoms in total. The molecule has 2 aromatic carbocycles. The van der Waals surface area contributed by atoms with Crippen LogP contribution >= 0.6 is 0 Å². The predicted molar refractivity (Wildman–Crippen MR) is 109 cm³/mol. The van der Waals surface area contributed by atoms with E-state index in [0.717, 1.165) is 5.56 Å². The first-order valence-electron chi connectivity index (χ1n) is 9.20. The van der Waals surface area contributed by atoms with Gasteiger partial charge in [-0.05, 0) is 17.7 Å². The number of hydrogen-bond donors (Lipinski definition) is 0. The molecule has 0 aliphatic rings. The predicted octanol–water partition coefficient (Wildman–Crippen LogP) is 4.18. The van der Waals surface area contributed by atoms with E-state index >= 15 is 0 Å². The number of rotatable bonds is 11. The van der Waals surface area contributed by atoms with Gasteiger partial charge in [-0.3, -0.25) is 4.79 Å². The molecule has 0 bridgehead atoms. The molecule has 0 fully saturated rings. The van der Waals surface area contributed by atoms with Crippen LogP contribution in [-0.2, 0) is 9.47 Å². The summed E-state index contributed by atoms with van der Waals surface area (Å²) in [4.78, 5) is 15.0. The Morgan fingerprint density at radius 1 is 0.931 bits per heavy atom. The highest BCUT2D eigenvalue weighted by atomic mass is 16.5. The minimum Gasteiger partial charge on any atom is -0.491 e. The molecule has 0 saturated heterocycles. The molecular weight excluding hydrogens is 374 g/mol. The molecule has 3 aromatic rings. The molecule has 8 heteroatoms. The first kappa shape index (κ1) is 20.4. The van der Waals surface area contributed by atoms with Crippen LogP contribution in [0.2, 0.25) is 0 Å². The lowest BCUT2D eigenvalue weighted by Crippen LogP contribution is -2.11. The standard InChI is InChI=1S/C21H21N3O5/c22-24-23-8-9-26-10-11-27-12-13-28-17-6-7-18-19(25)15-20(29-21(18)14-17)16-4-2-1-3-5-16/h1-7,14-15H,8-13H2. The van der Waals surface area contributed by atoms with E-state index in [0.29, 0.717) is 62.1 Å². The highest BCUT2D eigenvalue weighted by Gasteiger charge is 2.08. The second-order valence-corrected chi connectivity index (χ2v) is 6.03. The summed E-state index contributed by atoms with van der Waals surface area (Å²) < 4.78 is 22.2. The molecule has 0 unspecified atom stereocenters. The second kappa shape index (κ2) is 10.9. The number of azide groups is 1. The SMILES string of the molecule is [N-]=[N+]=NCCOCCOCCOc1ccc2c(=O)cc(-c3ccccc3)oc2c1. The van der Waals surface area contributed by atoms with E-state index < -0.39 is 0 Å². The monoisotopic (exact) mass is 395 g/mol. The Labute approximate surface area is 167 Å². The van der Waals surface area contributed by atoms with Crippen molar-refractivity contribution < 1.29 is 18.6 Å². The Balaban J connectivity index is 1.52. The van der Waals surface area contributed by atoms with Crippen molar-refractivity contribution in [3.05, 3.63) is 75.3 Å². The quantitative estimate of drug-likeness (QED) is 0.209. The van der Waals surface area contributed by atoms with Crippen LogP contribution in [0.3, 0.4) is 0 Å². The van der Waals surface area contributed by atoms with Crippen LogP contribution < -0.4 is 10.2 Å². The van der Waals surface area contributed by atoms with Crippen LogP contribution in [0.5, 0.6) is 5.75 Å². The molecular formula is C21H21N3O5. The number of nitrogens with zero attached hydrogens (tertiary/aromatic N) is 3. The Bertz CT molecular complexity index is 1030. The van der Waals surface area contributed by atoms with Crippen molar-refractivity contribution in [2.45, 2.75) is 0 Å². The maximum absolute atomic E-state index is 12.4. The number of benzene rings is 2. The van der Waals surface area contributed by atoms with Crippen molar-refractivity contribution in [3.63, 3.8) is 0 Å². The lowest BCUT2D eigenvalue weighted by molar-refractivity contribution is 0.0388. The van der Waals surface area contributed by atoms with Gasteiger partial charge in [0.2, 0.25) is 0 Å². The van der Waals surface area contributed by atoms with Gasteiger partial charge in [-0.25, -0.2) is 0 Å². The summed E-state index contributed by atoms with van der Waals surface area (Å²) in [5.74, 6) is 1.11. The van der Waals surface area contributed by atoms with E-state index in [1.54, 1.807) is 18.2 Å². The van der Waals surface area contributed by atoms with Gasteiger partial charge in [-0.1, -0.05) is 35.4 Å². The van der Waals surface area contributed by atoms with Gasteiger partial charge in [0.15, 0.2) is 5.43 Å². The Morgan fingerprint density at radius 3 is 2.48 bits per heavy atom. The van der Waals surface area contributed by atoms with Crippen molar-refractivity contribution in [2.24, 2.45) is 5.11 Å². The zero-order valence-electron chi connectivity index (χ0n) is 15.8. The maximum Gasteiger partial charge on any atom is 0.193 e. The van der Waals surface area contributed by atoms with Crippen molar-refractivity contribution in [2.75, 3.05) is 39.6 Å². The van der Waals surface area contributed by atoms with Crippen LogP contribution in [0.4, 0.5) is 0 Å². The van der Waals surface area contributed by atoms with Gasteiger partial charge in [-0.2, -0.15) is 0 Å². The van der Waals surface area contributed by atoms with Crippen molar-refractivity contribution in [3.8, 4) is 17.1 Å². The number of hydrogen-bond acceptors (Lipinski definition) is 6. The molecule has 1 aromatic heterocycles. The summed E-state index contributed by atoms with van der Waals surface area (Å²) >= 11 is 0. The van der Waals surface area contributed by atoms with Gasteiger partial charge in [0, 0.05) is 29.2 Å². The molecule has 0 spiro atoms. The molecule has 0 amide bonds. The average Bonchev–Trinajstić information content (AvgIpc) is 2.75. The molecule has 0 atom stereocenters. The Morgan fingerprint density at radius 2 is 1.69 bits per heavy atom. The molecule has 0 saturated carbocycles. The first-order valence-corrected chi connectivity index (χ1v) is 9.20. The molecule has 0 aliphatic heterocycles. The highest BCUT2D eigenvalue weighted by molar-refractivity contribution is 5.80. The summed E-state index contributed by atoms with van der Waals surface area (Å²) in [5.41, 5.74) is 9.36. The summed E-state index contributed by atoms with van der Waals surface area (Å²) in [7, 11) is 0. The van der Waals surface area contributed by atoms with E-state index in [4.69, 9.17) is 24.2 Å². The van der Waals surface area contributed by atoms with E-state index in [2.05, 4.69) is 10.0 Å². The van der Waals surface area contributed by atoms with Crippen LogP contribution in [-0.4, -0.2) is 39.6 Å². The normalized spacial score (nSPS) is 10.6. The van der Waals surface area contributed by atoms with Crippen LogP contribution in [0.1, 0.15) is 0 Å². The maximum atomic E-state index is 12.4. The fraction of sp³-hybridized carbons (Fsp3) is 0.286. The smallest absolute Gasteiger partial charge is 0.193 e. The van der Waals surface area contributed by atoms with Crippen molar-refractivity contribution >= 4 is 11.0 Å². The zero-order valence-corrected chi connectivity index (χ0v) is 15.8. The summed E-state index contributed by atoms with van der Waals surface area (Å²) in [6.07, 6.45) is 0. The lowest BCUT2D eigenvalue weighted by Gasteiger charge is -2.09. The first-order chi connectivity index (χ1) is 14.3. The molecule has 3 rings (SSSR count).